The summed E-state index contributed by atoms with van der Waals surface area (Å²) in [5, 5.41) is 3.80. The van der Waals surface area contributed by atoms with E-state index in [0.717, 1.165) is 4.90 Å². The molecule has 108 valence electrons. The van der Waals surface area contributed by atoms with Crippen LogP contribution in [0.4, 0.5) is 18.9 Å². The highest BCUT2D eigenvalue weighted by Crippen LogP contribution is 2.20. The summed E-state index contributed by atoms with van der Waals surface area (Å²) in [6.07, 6.45) is -1.86. The smallest absolute Gasteiger partial charge is 0.396 e. The lowest BCUT2D eigenvalue weighted by Crippen LogP contribution is -2.40. The van der Waals surface area contributed by atoms with Crippen molar-refractivity contribution >= 4 is 11.6 Å². The van der Waals surface area contributed by atoms with Gasteiger partial charge in [0.15, 0.2) is 5.69 Å². The Bertz CT molecular complexity index is 442. The molecule has 5 nitrogen and oxygen atoms in total. The van der Waals surface area contributed by atoms with Gasteiger partial charge in [0.25, 0.3) is 5.91 Å². The van der Waals surface area contributed by atoms with Crippen molar-refractivity contribution in [2.45, 2.75) is 25.9 Å². The monoisotopic (exact) mass is 278 g/mol. The first-order valence-corrected chi connectivity index (χ1v) is 5.89. The van der Waals surface area contributed by atoms with Gasteiger partial charge in [-0.3, -0.25) is 9.48 Å². The summed E-state index contributed by atoms with van der Waals surface area (Å²) in [5.74, 6) is -0.788. The number of aromatic nitrogens is 2. The van der Waals surface area contributed by atoms with E-state index in [0.29, 0.717) is 12.8 Å². The molecule has 1 heterocycles. The quantitative estimate of drug-likeness (QED) is 0.893. The van der Waals surface area contributed by atoms with Gasteiger partial charge in [-0.15, -0.1) is 0 Å². The number of alkyl halides is 3. The molecule has 0 aliphatic heterocycles. The third-order valence-corrected chi connectivity index (χ3v) is 2.50. The van der Waals surface area contributed by atoms with Crippen LogP contribution in [0, 0.1) is 0 Å². The number of nitrogens with two attached hydrogens (primary N) is 1. The molecule has 1 aromatic heterocycles. The Morgan fingerprint density at radius 3 is 2.58 bits per heavy atom. The van der Waals surface area contributed by atoms with Gasteiger partial charge in [0.1, 0.15) is 6.54 Å². The number of carbonyl (C=O) groups is 1. The summed E-state index contributed by atoms with van der Waals surface area (Å²) in [5.41, 5.74) is 5.50. The Balaban J connectivity index is 2.90. The minimum Gasteiger partial charge on any atom is -0.396 e. The van der Waals surface area contributed by atoms with Crippen molar-refractivity contribution < 1.29 is 18.0 Å². The molecule has 0 fully saturated rings. The van der Waals surface area contributed by atoms with E-state index in [-0.39, 0.29) is 17.9 Å². The number of amides is 1. The first-order chi connectivity index (χ1) is 8.74. The molecule has 2 N–H and O–H groups in total. The number of aryl methyl sites for hydroxylation is 1. The van der Waals surface area contributed by atoms with Gasteiger partial charge in [0.2, 0.25) is 0 Å². The molecule has 0 aromatic carbocycles. The fourth-order valence-corrected chi connectivity index (χ4v) is 1.64. The topological polar surface area (TPSA) is 64.2 Å². The molecule has 0 saturated heterocycles. The van der Waals surface area contributed by atoms with Gasteiger partial charge in [-0.25, -0.2) is 0 Å². The summed E-state index contributed by atoms with van der Waals surface area (Å²) in [6, 6.07) is 0. The van der Waals surface area contributed by atoms with Gasteiger partial charge < -0.3 is 10.6 Å². The molecule has 8 heteroatoms. The van der Waals surface area contributed by atoms with Crippen molar-refractivity contribution in [2.24, 2.45) is 7.05 Å². The molecular weight excluding hydrogens is 261 g/mol. The SMILES string of the molecule is CCCCN(CC(F)(F)F)C(=O)c1nn(C)cc1N. The molecule has 0 radical (unpaired) electrons. The second kappa shape index (κ2) is 5.94. The minimum atomic E-state index is -4.44. The lowest BCUT2D eigenvalue weighted by Gasteiger charge is -2.23. The van der Waals surface area contributed by atoms with Crippen molar-refractivity contribution in [1.82, 2.24) is 14.7 Å². The number of nitrogen functional groups attached to an aromatic ring is 1. The Labute approximate surface area is 109 Å². The Morgan fingerprint density at radius 2 is 2.16 bits per heavy atom. The van der Waals surface area contributed by atoms with Gasteiger partial charge in [-0.05, 0) is 6.42 Å². The predicted molar refractivity (Wildman–Crippen MR) is 64.5 cm³/mol. The van der Waals surface area contributed by atoms with Crippen LogP contribution in [0.5, 0.6) is 0 Å². The fourth-order valence-electron chi connectivity index (χ4n) is 1.64. The predicted octanol–water partition coefficient (Wildman–Crippen LogP) is 1.81. The molecule has 0 unspecified atom stereocenters. The highest BCUT2D eigenvalue weighted by molar-refractivity contribution is 5.97. The second-order valence-corrected chi connectivity index (χ2v) is 4.30. The average Bonchev–Trinajstić information content (AvgIpc) is 2.61. The fraction of sp³-hybridized carbons (Fsp3) is 0.636. The molecule has 0 atom stereocenters. The van der Waals surface area contributed by atoms with Crippen molar-refractivity contribution in [3.63, 3.8) is 0 Å². The average molecular weight is 278 g/mol. The molecule has 1 aromatic rings. The van der Waals surface area contributed by atoms with Crippen LogP contribution in [0.2, 0.25) is 0 Å². The third kappa shape index (κ3) is 4.46. The maximum absolute atomic E-state index is 12.5. The summed E-state index contributed by atoms with van der Waals surface area (Å²) in [6.45, 7) is 0.581. The lowest BCUT2D eigenvalue weighted by molar-refractivity contribution is -0.140. The largest absolute Gasteiger partial charge is 0.406 e. The highest BCUT2D eigenvalue weighted by Gasteiger charge is 2.34. The van der Waals surface area contributed by atoms with Gasteiger partial charge in [-0.1, -0.05) is 13.3 Å². The van der Waals surface area contributed by atoms with Crippen LogP contribution in [0.3, 0.4) is 0 Å². The van der Waals surface area contributed by atoms with E-state index in [1.54, 1.807) is 7.05 Å². The van der Waals surface area contributed by atoms with Crippen LogP contribution in [0.25, 0.3) is 0 Å². The Hall–Kier alpha value is -1.73. The maximum Gasteiger partial charge on any atom is 0.406 e. The number of unbranched alkanes of at least 4 members (excludes halogenated alkanes) is 1. The number of hydrogen-bond donors (Lipinski definition) is 1. The van der Waals surface area contributed by atoms with Gasteiger partial charge in [-0.2, -0.15) is 18.3 Å². The van der Waals surface area contributed by atoms with E-state index in [1.807, 2.05) is 6.92 Å². The maximum atomic E-state index is 12.5. The molecule has 1 amide bonds. The summed E-state index contributed by atoms with van der Waals surface area (Å²) < 4.78 is 38.7. The molecule has 0 aliphatic rings. The number of anilines is 1. The molecule has 0 spiro atoms. The van der Waals surface area contributed by atoms with E-state index in [4.69, 9.17) is 5.73 Å². The highest BCUT2D eigenvalue weighted by atomic mass is 19.4. The van der Waals surface area contributed by atoms with Crippen LogP contribution in [0.1, 0.15) is 30.3 Å². The second-order valence-electron chi connectivity index (χ2n) is 4.30. The van der Waals surface area contributed by atoms with Crippen LogP contribution in [-0.4, -0.2) is 39.9 Å². The van der Waals surface area contributed by atoms with E-state index in [1.165, 1.54) is 10.9 Å². The van der Waals surface area contributed by atoms with Crippen molar-refractivity contribution in [2.75, 3.05) is 18.8 Å². The van der Waals surface area contributed by atoms with Crippen LogP contribution >= 0.6 is 0 Å². The summed E-state index contributed by atoms with van der Waals surface area (Å²) in [7, 11) is 1.55. The van der Waals surface area contributed by atoms with Crippen molar-refractivity contribution in [1.29, 1.82) is 0 Å². The Morgan fingerprint density at radius 1 is 1.53 bits per heavy atom. The van der Waals surface area contributed by atoms with Crippen LogP contribution < -0.4 is 5.73 Å². The van der Waals surface area contributed by atoms with Gasteiger partial charge in [0, 0.05) is 19.8 Å². The molecule has 0 saturated carbocycles. The van der Waals surface area contributed by atoms with E-state index >= 15 is 0 Å². The zero-order chi connectivity index (χ0) is 14.6. The number of hydrogen-bond acceptors (Lipinski definition) is 3. The zero-order valence-electron chi connectivity index (χ0n) is 10.9. The normalized spacial score (nSPS) is 11.6. The molecule has 0 aliphatic carbocycles. The van der Waals surface area contributed by atoms with E-state index in [2.05, 4.69) is 5.10 Å². The van der Waals surface area contributed by atoms with Crippen LogP contribution in [-0.2, 0) is 7.05 Å². The van der Waals surface area contributed by atoms with Gasteiger partial charge in [0.05, 0.1) is 5.69 Å². The molecule has 0 bridgehead atoms. The Kier molecular flexibility index (Phi) is 4.79. The summed E-state index contributed by atoms with van der Waals surface area (Å²) in [4.78, 5) is 12.8. The first-order valence-electron chi connectivity index (χ1n) is 5.89. The number of halogens is 3. The van der Waals surface area contributed by atoms with E-state index in [9.17, 15) is 18.0 Å². The number of rotatable bonds is 5. The first kappa shape index (κ1) is 15.3. The third-order valence-electron chi connectivity index (χ3n) is 2.50. The number of carbonyl (C=O) groups excluding carboxylic acids is 1. The van der Waals surface area contributed by atoms with Crippen LogP contribution in [0.15, 0.2) is 6.20 Å². The molecule has 19 heavy (non-hydrogen) atoms. The van der Waals surface area contributed by atoms with Gasteiger partial charge >= 0.3 is 6.18 Å². The zero-order valence-corrected chi connectivity index (χ0v) is 10.9. The standard InChI is InChI=1S/C11H17F3N4O/c1-3-4-5-18(7-11(12,13)14)10(19)9-8(15)6-17(2)16-9/h6H,3-5,7,15H2,1-2H3. The molecule has 1 rings (SSSR count). The summed E-state index contributed by atoms with van der Waals surface area (Å²) >= 11 is 0. The van der Waals surface area contributed by atoms with E-state index < -0.39 is 18.6 Å². The van der Waals surface area contributed by atoms with Crippen molar-refractivity contribution in [3.8, 4) is 0 Å². The minimum absolute atomic E-state index is 0.0326. The van der Waals surface area contributed by atoms with Crippen molar-refractivity contribution in [3.05, 3.63) is 11.9 Å². The molecular formula is C11H17F3N4O. The lowest BCUT2D eigenvalue weighted by atomic mass is 10.2. The number of nitrogens with zero attached hydrogens (tertiary/aromatic N) is 3.